The third-order valence-corrected chi connectivity index (χ3v) is 2.97. The van der Waals surface area contributed by atoms with E-state index in [9.17, 15) is 9.90 Å². The van der Waals surface area contributed by atoms with Gasteiger partial charge in [-0.25, -0.2) is 0 Å². The number of hydrogen-bond donors (Lipinski definition) is 1. The van der Waals surface area contributed by atoms with Gasteiger partial charge in [0.25, 0.3) is 0 Å². The second-order valence-corrected chi connectivity index (χ2v) is 3.77. The Labute approximate surface area is 77.2 Å². The number of para-hydroxylation sites is 1. The van der Waals surface area contributed by atoms with Crippen LogP contribution in [0.5, 0.6) is 5.75 Å². The maximum atomic E-state index is 11.4. The van der Waals surface area contributed by atoms with Gasteiger partial charge in [0.15, 0.2) is 0 Å². The van der Waals surface area contributed by atoms with Crippen molar-refractivity contribution in [2.24, 2.45) is 0 Å². The van der Waals surface area contributed by atoms with Gasteiger partial charge in [-0.2, -0.15) is 0 Å². The normalized spacial score (nSPS) is 27.0. The van der Waals surface area contributed by atoms with E-state index in [-0.39, 0.29) is 11.5 Å². The minimum atomic E-state index is -0.425. The van der Waals surface area contributed by atoms with Crippen LogP contribution in [-0.2, 0) is 10.2 Å². The molecule has 1 saturated carbocycles. The molecule has 0 bridgehead atoms. The monoisotopic (exact) mass is 176 g/mol. The van der Waals surface area contributed by atoms with Crippen LogP contribution in [0.15, 0.2) is 24.3 Å². The first-order valence-electron chi connectivity index (χ1n) is 4.46. The molecule has 0 radical (unpaired) electrons. The standard InChI is InChI=1S/C11H12O2/c1-11(7-6-10(11)13)8-4-2-3-5-9(8)12/h2-5,12H,6-7H2,1H3. The van der Waals surface area contributed by atoms with Gasteiger partial charge in [-0.3, -0.25) is 4.79 Å². The highest BCUT2D eigenvalue weighted by Gasteiger charge is 2.44. The molecule has 2 heteroatoms. The summed E-state index contributed by atoms with van der Waals surface area (Å²) in [5.41, 5.74) is 0.344. The van der Waals surface area contributed by atoms with E-state index in [1.807, 2.05) is 19.1 Å². The lowest BCUT2D eigenvalue weighted by Gasteiger charge is -2.37. The highest BCUT2D eigenvalue weighted by Crippen LogP contribution is 2.43. The molecule has 1 atom stereocenters. The average Bonchev–Trinajstić information content (AvgIpc) is 2.15. The number of carbonyl (C=O) groups is 1. The van der Waals surface area contributed by atoms with E-state index in [0.717, 1.165) is 12.0 Å². The fourth-order valence-electron chi connectivity index (χ4n) is 1.83. The summed E-state index contributed by atoms with van der Waals surface area (Å²) in [4.78, 5) is 11.4. The van der Waals surface area contributed by atoms with Crippen molar-refractivity contribution in [2.45, 2.75) is 25.2 Å². The minimum Gasteiger partial charge on any atom is -0.508 e. The molecule has 0 aliphatic heterocycles. The number of carbonyl (C=O) groups excluding carboxylic acids is 1. The predicted molar refractivity (Wildman–Crippen MR) is 49.7 cm³/mol. The van der Waals surface area contributed by atoms with Crippen molar-refractivity contribution in [2.75, 3.05) is 0 Å². The molecule has 0 spiro atoms. The zero-order valence-electron chi connectivity index (χ0n) is 7.58. The number of hydrogen-bond acceptors (Lipinski definition) is 2. The minimum absolute atomic E-state index is 0.231. The second kappa shape index (κ2) is 2.59. The molecule has 0 heterocycles. The summed E-state index contributed by atoms with van der Waals surface area (Å²) in [5.74, 6) is 0.465. The molecule has 2 nitrogen and oxygen atoms in total. The number of phenols is 1. The Kier molecular flexibility index (Phi) is 1.65. The highest BCUT2D eigenvalue weighted by molar-refractivity contribution is 5.95. The Morgan fingerprint density at radius 1 is 1.38 bits per heavy atom. The fraction of sp³-hybridized carbons (Fsp3) is 0.364. The fourth-order valence-corrected chi connectivity index (χ4v) is 1.83. The largest absolute Gasteiger partial charge is 0.508 e. The number of aromatic hydroxyl groups is 1. The molecule has 1 aromatic carbocycles. The van der Waals surface area contributed by atoms with E-state index in [1.165, 1.54) is 0 Å². The molecule has 68 valence electrons. The van der Waals surface area contributed by atoms with Crippen molar-refractivity contribution < 1.29 is 9.90 Å². The number of benzene rings is 1. The lowest BCUT2D eigenvalue weighted by Crippen LogP contribution is -2.42. The van der Waals surface area contributed by atoms with Crippen LogP contribution in [0.25, 0.3) is 0 Å². The van der Waals surface area contributed by atoms with Gasteiger partial charge in [0, 0.05) is 12.0 Å². The van der Waals surface area contributed by atoms with E-state index >= 15 is 0 Å². The molecule has 0 saturated heterocycles. The van der Waals surface area contributed by atoms with Crippen molar-refractivity contribution in [1.82, 2.24) is 0 Å². The maximum Gasteiger partial charge on any atom is 0.143 e. The highest BCUT2D eigenvalue weighted by atomic mass is 16.3. The van der Waals surface area contributed by atoms with E-state index in [0.29, 0.717) is 6.42 Å². The van der Waals surface area contributed by atoms with E-state index in [1.54, 1.807) is 12.1 Å². The zero-order valence-corrected chi connectivity index (χ0v) is 7.58. The van der Waals surface area contributed by atoms with E-state index < -0.39 is 5.41 Å². The summed E-state index contributed by atoms with van der Waals surface area (Å²) in [7, 11) is 0. The van der Waals surface area contributed by atoms with Gasteiger partial charge in [-0.1, -0.05) is 18.2 Å². The molecule has 1 N–H and O–H groups in total. The van der Waals surface area contributed by atoms with Crippen molar-refractivity contribution in [3.05, 3.63) is 29.8 Å². The molecule has 0 aromatic heterocycles. The topological polar surface area (TPSA) is 37.3 Å². The number of rotatable bonds is 1. The van der Waals surface area contributed by atoms with Gasteiger partial charge in [-0.15, -0.1) is 0 Å². The lowest BCUT2D eigenvalue weighted by molar-refractivity contribution is -0.131. The summed E-state index contributed by atoms with van der Waals surface area (Å²) < 4.78 is 0. The molecule has 1 fully saturated rings. The lowest BCUT2D eigenvalue weighted by atomic mass is 9.64. The second-order valence-electron chi connectivity index (χ2n) is 3.77. The molecular formula is C11H12O2. The van der Waals surface area contributed by atoms with Crippen LogP contribution in [0.2, 0.25) is 0 Å². The van der Waals surface area contributed by atoms with Crippen molar-refractivity contribution in [3.8, 4) is 5.75 Å². The molecule has 1 aliphatic rings. The third-order valence-electron chi connectivity index (χ3n) is 2.97. The Hall–Kier alpha value is -1.31. The third kappa shape index (κ3) is 1.05. The zero-order chi connectivity index (χ0) is 9.47. The molecule has 13 heavy (non-hydrogen) atoms. The molecule has 1 aliphatic carbocycles. The van der Waals surface area contributed by atoms with Crippen LogP contribution in [0.1, 0.15) is 25.3 Å². The molecular weight excluding hydrogens is 164 g/mol. The molecule has 1 unspecified atom stereocenters. The number of Topliss-reactive ketones (excluding diaryl/α,β-unsaturated/α-hetero) is 1. The Morgan fingerprint density at radius 2 is 2.08 bits per heavy atom. The van der Waals surface area contributed by atoms with Gasteiger partial charge < -0.3 is 5.11 Å². The van der Waals surface area contributed by atoms with Crippen LogP contribution in [0.4, 0.5) is 0 Å². The first-order chi connectivity index (χ1) is 6.14. The Morgan fingerprint density at radius 3 is 2.54 bits per heavy atom. The summed E-state index contributed by atoms with van der Waals surface area (Å²) in [6.45, 7) is 1.90. The SMILES string of the molecule is CC1(c2ccccc2O)CCC1=O. The average molecular weight is 176 g/mol. The van der Waals surface area contributed by atoms with Gasteiger partial charge in [0.05, 0.1) is 5.41 Å². The number of ketones is 1. The van der Waals surface area contributed by atoms with Gasteiger partial charge in [-0.05, 0) is 19.4 Å². The van der Waals surface area contributed by atoms with Crippen molar-refractivity contribution in [3.63, 3.8) is 0 Å². The van der Waals surface area contributed by atoms with Crippen LogP contribution in [-0.4, -0.2) is 10.9 Å². The van der Waals surface area contributed by atoms with Crippen LogP contribution in [0, 0.1) is 0 Å². The quantitative estimate of drug-likeness (QED) is 0.710. The van der Waals surface area contributed by atoms with Crippen molar-refractivity contribution in [1.29, 1.82) is 0 Å². The van der Waals surface area contributed by atoms with Gasteiger partial charge in [0.1, 0.15) is 11.5 Å². The van der Waals surface area contributed by atoms with Crippen molar-refractivity contribution >= 4 is 5.78 Å². The number of phenolic OH excluding ortho intramolecular Hbond substituents is 1. The molecule has 1 aromatic rings. The first kappa shape index (κ1) is 8.30. The van der Waals surface area contributed by atoms with Crippen LogP contribution >= 0.6 is 0 Å². The van der Waals surface area contributed by atoms with Crippen LogP contribution in [0.3, 0.4) is 0 Å². The van der Waals surface area contributed by atoms with Crippen LogP contribution < -0.4 is 0 Å². The molecule has 0 amide bonds. The summed E-state index contributed by atoms with van der Waals surface area (Å²) in [5, 5.41) is 9.58. The Bertz CT molecular complexity index is 357. The summed E-state index contributed by atoms with van der Waals surface area (Å²) in [6, 6.07) is 7.08. The summed E-state index contributed by atoms with van der Waals surface area (Å²) in [6.07, 6.45) is 1.49. The summed E-state index contributed by atoms with van der Waals surface area (Å²) >= 11 is 0. The predicted octanol–water partition coefficient (Wildman–Crippen LogP) is 2.01. The molecule has 2 rings (SSSR count). The smallest absolute Gasteiger partial charge is 0.143 e. The Balaban J connectivity index is 2.46. The van der Waals surface area contributed by atoms with E-state index in [2.05, 4.69) is 0 Å². The maximum absolute atomic E-state index is 11.4. The first-order valence-corrected chi connectivity index (χ1v) is 4.46. The van der Waals surface area contributed by atoms with E-state index in [4.69, 9.17) is 0 Å². The van der Waals surface area contributed by atoms with Gasteiger partial charge in [0.2, 0.25) is 0 Å². The van der Waals surface area contributed by atoms with Gasteiger partial charge >= 0.3 is 0 Å².